The van der Waals surface area contributed by atoms with Gasteiger partial charge in [-0.15, -0.1) is 11.6 Å². The molecule has 1 aliphatic rings. The summed E-state index contributed by atoms with van der Waals surface area (Å²) in [6.45, 7) is 6.95. The van der Waals surface area contributed by atoms with Gasteiger partial charge in [-0.3, -0.25) is 0 Å². The second-order valence-electron chi connectivity index (χ2n) is 7.09. The Labute approximate surface area is 135 Å². The van der Waals surface area contributed by atoms with Crippen LogP contribution in [0.3, 0.4) is 0 Å². The maximum Gasteiger partial charge on any atom is 0.124 e. The van der Waals surface area contributed by atoms with Gasteiger partial charge in [-0.1, -0.05) is 42.8 Å². The molecule has 3 heteroatoms. The number of halogens is 3. The molecule has 1 aromatic rings. The van der Waals surface area contributed by atoms with E-state index in [1.165, 1.54) is 18.9 Å². The molecule has 3 unspecified atom stereocenters. The zero-order valence-electron chi connectivity index (χ0n) is 12.4. The molecule has 20 heavy (non-hydrogen) atoms. The van der Waals surface area contributed by atoms with Crippen LogP contribution in [-0.4, -0.2) is 5.38 Å². The molecule has 1 aliphatic carbocycles. The Hall–Kier alpha value is -0.0800. The average Bonchev–Trinajstić information content (AvgIpc) is 2.33. The van der Waals surface area contributed by atoms with Crippen molar-refractivity contribution < 1.29 is 4.39 Å². The van der Waals surface area contributed by atoms with E-state index >= 15 is 0 Å². The third-order valence-electron chi connectivity index (χ3n) is 4.61. The van der Waals surface area contributed by atoms with E-state index in [1.807, 2.05) is 6.07 Å². The minimum Gasteiger partial charge on any atom is -0.207 e. The molecule has 3 atom stereocenters. The first-order valence-corrected chi connectivity index (χ1v) is 8.58. The fourth-order valence-electron chi connectivity index (χ4n) is 3.19. The van der Waals surface area contributed by atoms with Crippen LogP contribution in [0.25, 0.3) is 0 Å². The summed E-state index contributed by atoms with van der Waals surface area (Å²) in [4.78, 5) is 0. The zero-order valence-corrected chi connectivity index (χ0v) is 14.8. The smallest absolute Gasteiger partial charge is 0.124 e. The van der Waals surface area contributed by atoms with Crippen molar-refractivity contribution >= 4 is 27.5 Å². The van der Waals surface area contributed by atoms with Crippen LogP contribution >= 0.6 is 27.5 Å². The van der Waals surface area contributed by atoms with Crippen LogP contribution in [0.2, 0.25) is 0 Å². The summed E-state index contributed by atoms with van der Waals surface area (Å²) in [5.41, 5.74) is 1.51. The molecule has 0 spiro atoms. The summed E-state index contributed by atoms with van der Waals surface area (Å²) in [6.07, 6.45) is 4.41. The van der Waals surface area contributed by atoms with E-state index < -0.39 is 0 Å². The van der Waals surface area contributed by atoms with E-state index in [9.17, 15) is 4.39 Å². The first-order valence-electron chi connectivity index (χ1n) is 7.35. The van der Waals surface area contributed by atoms with Gasteiger partial charge in [-0.2, -0.15) is 0 Å². The van der Waals surface area contributed by atoms with Crippen molar-refractivity contribution in [1.29, 1.82) is 0 Å². The van der Waals surface area contributed by atoms with Gasteiger partial charge < -0.3 is 0 Å². The van der Waals surface area contributed by atoms with Gasteiger partial charge in [0.25, 0.3) is 0 Å². The average molecular weight is 362 g/mol. The van der Waals surface area contributed by atoms with Crippen molar-refractivity contribution in [1.82, 2.24) is 0 Å². The molecule has 0 radical (unpaired) electrons. The first-order chi connectivity index (χ1) is 9.27. The Morgan fingerprint density at radius 3 is 2.60 bits per heavy atom. The van der Waals surface area contributed by atoms with Crippen molar-refractivity contribution in [2.24, 2.45) is 17.3 Å². The lowest BCUT2D eigenvalue weighted by molar-refractivity contribution is 0.144. The predicted octanol–water partition coefficient (Wildman–Crippen LogP) is 6.20. The molecule has 0 nitrogen and oxygen atoms in total. The second kappa shape index (κ2) is 6.36. The highest BCUT2D eigenvalue weighted by Crippen LogP contribution is 2.43. The number of hydrogen-bond donors (Lipinski definition) is 0. The van der Waals surface area contributed by atoms with Crippen LogP contribution in [-0.2, 0) is 6.42 Å². The SMILES string of the molecule is CC(C)(C)C1CCC(Cl)C(Cc2ccc(F)cc2Br)C1. The Kier molecular flexibility index (Phi) is 5.18. The monoisotopic (exact) mass is 360 g/mol. The van der Waals surface area contributed by atoms with Crippen molar-refractivity contribution in [3.63, 3.8) is 0 Å². The molecule has 112 valence electrons. The quantitative estimate of drug-likeness (QED) is 0.550. The summed E-state index contributed by atoms with van der Waals surface area (Å²) in [5, 5.41) is 0.241. The molecule has 1 aromatic carbocycles. The summed E-state index contributed by atoms with van der Waals surface area (Å²) in [7, 11) is 0. The maximum absolute atomic E-state index is 13.2. The highest BCUT2D eigenvalue weighted by atomic mass is 79.9. The number of alkyl halides is 1. The lowest BCUT2D eigenvalue weighted by Crippen LogP contribution is -2.33. The largest absolute Gasteiger partial charge is 0.207 e. The van der Waals surface area contributed by atoms with Gasteiger partial charge in [0, 0.05) is 9.85 Å². The minimum atomic E-state index is -0.195. The fraction of sp³-hybridized carbons (Fsp3) is 0.647. The Morgan fingerprint density at radius 2 is 2.00 bits per heavy atom. The molecule has 0 bridgehead atoms. The van der Waals surface area contributed by atoms with Crippen LogP contribution in [0.1, 0.15) is 45.6 Å². The molecule has 0 saturated heterocycles. The van der Waals surface area contributed by atoms with Gasteiger partial charge in [0.15, 0.2) is 0 Å². The molecule has 0 aliphatic heterocycles. The van der Waals surface area contributed by atoms with Crippen molar-refractivity contribution in [2.45, 2.75) is 51.8 Å². The normalized spacial score (nSPS) is 27.6. The van der Waals surface area contributed by atoms with E-state index in [1.54, 1.807) is 6.07 Å². The van der Waals surface area contributed by atoms with E-state index in [4.69, 9.17) is 11.6 Å². The lowest BCUT2D eigenvalue weighted by Gasteiger charge is -2.40. The predicted molar refractivity (Wildman–Crippen MR) is 87.7 cm³/mol. The number of benzene rings is 1. The van der Waals surface area contributed by atoms with Gasteiger partial charge >= 0.3 is 0 Å². The van der Waals surface area contributed by atoms with Crippen LogP contribution in [0, 0.1) is 23.1 Å². The Balaban J connectivity index is 2.10. The lowest BCUT2D eigenvalue weighted by atomic mass is 9.68. The standard InChI is InChI=1S/C17H23BrClF/c1-17(2,3)13-5-7-16(19)12(9-13)8-11-4-6-14(20)10-15(11)18/h4,6,10,12-13,16H,5,7-9H2,1-3H3. The zero-order chi connectivity index (χ0) is 14.9. The van der Waals surface area contributed by atoms with Crippen LogP contribution in [0.15, 0.2) is 22.7 Å². The second-order valence-corrected chi connectivity index (χ2v) is 8.51. The van der Waals surface area contributed by atoms with Gasteiger partial charge in [0.2, 0.25) is 0 Å². The molecule has 0 aromatic heterocycles. The van der Waals surface area contributed by atoms with Gasteiger partial charge in [-0.05, 0) is 60.6 Å². The molecule has 1 fully saturated rings. The summed E-state index contributed by atoms with van der Waals surface area (Å²) >= 11 is 10.0. The van der Waals surface area contributed by atoms with Gasteiger partial charge in [0.05, 0.1) is 0 Å². The highest BCUT2D eigenvalue weighted by Gasteiger charge is 2.35. The summed E-state index contributed by atoms with van der Waals surface area (Å²) < 4.78 is 14.0. The maximum atomic E-state index is 13.2. The van der Waals surface area contributed by atoms with E-state index in [2.05, 4.69) is 36.7 Å². The number of hydrogen-bond acceptors (Lipinski definition) is 0. The molecular formula is C17H23BrClF. The van der Waals surface area contributed by atoms with E-state index in [-0.39, 0.29) is 11.2 Å². The molecule has 0 amide bonds. The Morgan fingerprint density at radius 1 is 1.30 bits per heavy atom. The van der Waals surface area contributed by atoms with Crippen molar-refractivity contribution in [2.75, 3.05) is 0 Å². The van der Waals surface area contributed by atoms with Crippen LogP contribution in [0.5, 0.6) is 0 Å². The summed E-state index contributed by atoms with van der Waals surface area (Å²) in [5.74, 6) is 1.01. The third kappa shape index (κ3) is 3.98. The molecule has 2 rings (SSSR count). The highest BCUT2D eigenvalue weighted by molar-refractivity contribution is 9.10. The molecular weight excluding hydrogens is 339 g/mol. The summed E-state index contributed by atoms with van der Waals surface area (Å²) in [6, 6.07) is 4.96. The van der Waals surface area contributed by atoms with Crippen molar-refractivity contribution in [3.05, 3.63) is 34.1 Å². The van der Waals surface area contributed by atoms with Crippen LogP contribution < -0.4 is 0 Å². The fourth-order valence-corrected chi connectivity index (χ4v) is 4.03. The van der Waals surface area contributed by atoms with Crippen molar-refractivity contribution in [3.8, 4) is 0 Å². The van der Waals surface area contributed by atoms with E-state index in [0.717, 1.165) is 28.8 Å². The van der Waals surface area contributed by atoms with Crippen LogP contribution in [0.4, 0.5) is 4.39 Å². The first kappa shape index (κ1) is 16.3. The Bertz CT molecular complexity index is 467. The molecule has 1 saturated carbocycles. The van der Waals surface area contributed by atoms with E-state index in [0.29, 0.717) is 11.3 Å². The molecule has 0 heterocycles. The molecule has 0 N–H and O–H groups in total. The van der Waals surface area contributed by atoms with Gasteiger partial charge in [0.1, 0.15) is 5.82 Å². The number of rotatable bonds is 2. The third-order valence-corrected chi connectivity index (χ3v) is 5.92. The minimum absolute atomic E-state index is 0.195. The van der Waals surface area contributed by atoms with Gasteiger partial charge in [-0.25, -0.2) is 4.39 Å². The topological polar surface area (TPSA) is 0 Å².